The van der Waals surface area contributed by atoms with E-state index < -0.39 is 5.91 Å². The van der Waals surface area contributed by atoms with Crippen LogP contribution in [0.3, 0.4) is 0 Å². The van der Waals surface area contributed by atoms with Crippen LogP contribution in [-0.2, 0) is 16.1 Å². The van der Waals surface area contributed by atoms with Gasteiger partial charge in [0.05, 0.1) is 13.1 Å². The van der Waals surface area contributed by atoms with Crippen LogP contribution in [0, 0.1) is 0 Å². The first-order valence-corrected chi connectivity index (χ1v) is 4.93. The van der Waals surface area contributed by atoms with Gasteiger partial charge in [0.1, 0.15) is 0 Å². The van der Waals surface area contributed by atoms with Crippen molar-refractivity contribution in [3.05, 3.63) is 35.9 Å². The fourth-order valence-electron chi connectivity index (χ4n) is 1.35. The van der Waals surface area contributed by atoms with Gasteiger partial charge in [0.25, 0.3) is 0 Å². The van der Waals surface area contributed by atoms with Gasteiger partial charge in [-0.05, 0) is 5.56 Å². The molecule has 1 rings (SSSR count). The number of primary amides is 1. The number of amides is 2. The predicted octanol–water partition coefficient (Wildman–Crippen LogP) is -0.541. The maximum absolute atomic E-state index is 11.4. The van der Waals surface area contributed by atoms with Crippen molar-refractivity contribution in [3.8, 4) is 0 Å². The van der Waals surface area contributed by atoms with Crippen LogP contribution < -0.4 is 11.5 Å². The Morgan fingerprint density at radius 3 is 2.31 bits per heavy atom. The highest BCUT2D eigenvalue weighted by Gasteiger charge is 2.14. The topological polar surface area (TPSA) is 89.4 Å². The minimum Gasteiger partial charge on any atom is -0.368 e. The minimum atomic E-state index is -0.544. The molecule has 1 aromatic carbocycles. The van der Waals surface area contributed by atoms with E-state index in [-0.39, 0.29) is 19.0 Å². The molecule has 0 aromatic heterocycles. The molecule has 0 radical (unpaired) electrons. The molecule has 0 saturated heterocycles. The zero-order valence-corrected chi connectivity index (χ0v) is 8.93. The Morgan fingerprint density at radius 2 is 1.81 bits per heavy atom. The summed E-state index contributed by atoms with van der Waals surface area (Å²) < 4.78 is 0. The van der Waals surface area contributed by atoms with E-state index in [1.807, 2.05) is 30.3 Å². The van der Waals surface area contributed by atoms with E-state index in [0.29, 0.717) is 6.54 Å². The predicted molar refractivity (Wildman–Crippen MR) is 60.1 cm³/mol. The average Bonchev–Trinajstić information content (AvgIpc) is 2.28. The lowest BCUT2D eigenvalue weighted by molar-refractivity contribution is -0.134. The van der Waals surface area contributed by atoms with Gasteiger partial charge in [-0.2, -0.15) is 0 Å². The summed E-state index contributed by atoms with van der Waals surface area (Å²) in [7, 11) is 0. The molecule has 2 amide bonds. The number of nitrogens with zero attached hydrogens (tertiary/aromatic N) is 1. The third kappa shape index (κ3) is 3.70. The highest BCUT2D eigenvalue weighted by Crippen LogP contribution is 2.03. The Labute approximate surface area is 94.0 Å². The maximum atomic E-state index is 11.4. The molecule has 5 heteroatoms. The first kappa shape index (κ1) is 12.2. The Hall–Kier alpha value is -1.88. The second-order valence-corrected chi connectivity index (χ2v) is 3.41. The lowest BCUT2D eigenvalue weighted by Crippen LogP contribution is -2.41. The molecule has 0 aliphatic heterocycles. The molecule has 0 saturated carbocycles. The molecule has 4 N–H and O–H groups in total. The fraction of sp³-hybridized carbons (Fsp3) is 0.273. The molecule has 0 bridgehead atoms. The first-order chi connectivity index (χ1) is 7.63. The summed E-state index contributed by atoms with van der Waals surface area (Å²) in [5, 5.41) is 0. The van der Waals surface area contributed by atoms with Gasteiger partial charge in [0, 0.05) is 6.54 Å². The van der Waals surface area contributed by atoms with Crippen molar-refractivity contribution in [2.24, 2.45) is 11.5 Å². The zero-order valence-electron chi connectivity index (χ0n) is 8.93. The van der Waals surface area contributed by atoms with Crippen molar-refractivity contribution in [2.45, 2.75) is 6.54 Å². The highest BCUT2D eigenvalue weighted by molar-refractivity contribution is 5.84. The molecule has 16 heavy (non-hydrogen) atoms. The number of rotatable bonds is 5. The standard InChI is InChI=1S/C11H15N3O2/c12-6-11(16)14(8-10(13)15)7-9-4-2-1-3-5-9/h1-5H,6-8,12H2,(H2,13,15). The minimum absolute atomic E-state index is 0.106. The number of carbonyl (C=O) groups excluding carboxylic acids is 2. The summed E-state index contributed by atoms with van der Waals surface area (Å²) >= 11 is 0. The van der Waals surface area contributed by atoms with Gasteiger partial charge in [-0.25, -0.2) is 0 Å². The van der Waals surface area contributed by atoms with Gasteiger partial charge >= 0.3 is 0 Å². The van der Waals surface area contributed by atoms with E-state index in [1.165, 1.54) is 4.90 Å². The molecule has 0 aliphatic carbocycles. The van der Waals surface area contributed by atoms with E-state index in [2.05, 4.69) is 0 Å². The molecule has 0 heterocycles. The molecule has 0 aliphatic rings. The molecular weight excluding hydrogens is 206 g/mol. The molecule has 0 unspecified atom stereocenters. The van der Waals surface area contributed by atoms with E-state index in [0.717, 1.165) is 5.56 Å². The lowest BCUT2D eigenvalue weighted by atomic mass is 10.2. The summed E-state index contributed by atoms with van der Waals surface area (Å²) in [4.78, 5) is 23.6. The summed E-state index contributed by atoms with van der Waals surface area (Å²) in [6.45, 7) is 0.116. The van der Waals surface area contributed by atoms with Crippen LogP contribution in [0.15, 0.2) is 30.3 Å². The first-order valence-electron chi connectivity index (χ1n) is 4.93. The van der Waals surface area contributed by atoms with Crippen LogP contribution in [0.4, 0.5) is 0 Å². The van der Waals surface area contributed by atoms with E-state index in [9.17, 15) is 9.59 Å². The van der Waals surface area contributed by atoms with Crippen LogP contribution in [0.5, 0.6) is 0 Å². The smallest absolute Gasteiger partial charge is 0.237 e. The maximum Gasteiger partial charge on any atom is 0.237 e. The summed E-state index contributed by atoms with van der Waals surface area (Å²) in [5.41, 5.74) is 11.3. The van der Waals surface area contributed by atoms with Crippen LogP contribution in [0.1, 0.15) is 5.56 Å². The van der Waals surface area contributed by atoms with E-state index >= 15 is 0 Å². The normalized spacial score (nSPS) is 9.81. The third-order valence-corrected chi connectivity index (χ3v) is 2.09. The van der Waals surface area contributed by atoms with Crippen molar-refractivity contribution in [3.63, 3.8) is 0 Å². The second-order valence-electron chi connectivity index (χ2n) is 3.41. The number of benzene rings is 1. The van der Waals surface area contributed by atoms with Gasteiger partial charge in [0.15, 0.2) is 0 Å². The van der Waals surface area contributed by atoms with Gasteiger partial charge in [-0.3, -0.25) is 9.59 Å². The van der Waals surface area contributed by atoms with Crippen molar-refractivity contribution in [2.75, 3.05) is 13.1 Å². The molecule has 86 valence electrons. The Kier molecular flexibility index (Phi) is 4.47. The van der Waals surface area contributed by atoms with Gasteiger partial charge in [-0.15, -0.1) is 0 Å². The fourth-order valence-corrected chi connectivity index (χ4v) is 1.35. The Balaban J connectivity index is 2.70. The summed E-state index contributed by atoms with van der Waals surface area (Å²) in [5.74, 6) is -0.833. The number of carbonyl (C=O) groups is 2. The van der Waals surface area contributed by atoms with Crippen molar-refractivity contribution in [1.82, 2.24) is 4.90 Å². The molecular formula is C11H15N3O2. The Morgan fingerprint density at radius 1 is 1.19 bits per heavy atom. The van der Waals surface area contributed by atoms with Crippen LogP contribution in [0.2, 0.25) is 0 Å². The summed E-state index contributed by atoms with van der Waals surface area (Å²) in [6.07, 6.45) is 0. The molecule has 0 fully saturated rings. The number of hydrogen-bond donors (Lipinski definition) is 2. The van der Waals surface area contributed by atoms with Gasteiger partial charge in [0.2, 0.25) is 11.8 Å². The number of hydrogen-bond acceptors (Lipinski definition) is 3. The van der Waals surface area contributed by atoms with E-state index in [1.54, 1.807) is 0 Å². The monoisotopic (exact) mass is 221 g/mol. The van der Waals surface area contributed by atoms with Crippen LogP contribution >= 0.6 is 0 Å². The summed E-state index contributed by atoms with van der Waals surface area (Å²) in [6, 6.07) is 9.36. The van der Waals surface area contributed by atoms with Crippen molar-refractivity contribution < 1.29 is 9.59 Å². The second kappa shape index (κ2) is 5.87. The molecule has 5 nitrogen and oxygen atoms in total. The third-order valence-electron chi connectivity index (χ3n) is 2.09. The quantitative estimate of drug-likeness (QED) is 0.699. The van der Waals surface area contributed by atoms with Gasteiger partial charge in [-0.1, -0.05) is 30.3 Å². The Bertz CT molecular complexity index is 365. The van der Waals surface area contributed by atoms with E-state index in [4.69, 9.17) is 11.5 Å². The van der Waals surface area contributed by atoms with Crippen LogP contribution in [-0.4, -0.2) is 29.8 Å². The molecule has 0 spiro atoms. The average molecular weight is 221 g/mol. The largest absolute Gasteiger partial charge is 0.368 e. The van der Waals surface area contributed by atoms with Crippen molar-refractivity contribution in [1.29, 1.82) is 0 Å². The number of nitrogens with two attached hydrogens (primary N) is 2. The highest BCUT2D eigenvalue weighted by atomic mass is 16.2. The zero-order chi connectivity index (χ0) is 12.0. The van der Waals surface area contributed by atoms with Crippen LogP contribution in [0.25, 0.3) is 0 Å². The molecule has 1 aromatic rings. The van der Waals surface area contributed by atoms with Crippen molar-refractivity contribution >= 4 is 11.8 Å². The SMILES string of the molecule is NCC(=O)N(CC(N)=O)Cc1ccccc1. The lowest BCUT2D eigenvalue weighted by Gasteiger charge is -2.20. The molecule has 0 atom stereocenters. The van der Waals surface area contributed by atoms with Gasteiger partial charge < -0.3 is 16.4 Å².